The van der Waals surface area contributed by atoms with Crippen molar-refractivity contribution in [1.82, 2.24) is 0 Å². The van der Waals surface area contributed by atoms with Gasteiger partial charge in [-0.05, 0) is 12.1 Å². The fraction of sp³-hybridized carbons (Fsp3) is 0. The molecule has 0 fully saturated rings. The number of hydrogen-bond donors (Lipinski definition) is 2. The molecule has 0 aliphatic carbocycles. The second-order valence-corrected chi connectivity index (χ2v) is 4.08. The van der Waals surface area contributed by atoms with E-state index in [0.29, 0.717) is 5.56 Å². The molecule has 78 valence electrons. The first kappa shape index (κ1) is 12.9. The van der Waals surface area contributed by atoms with Gasteiger partial charge in [-0.15, -0.1) is 0 Å². The maximum atomic E-state index is 10.2. The highest BCUT2D eigenvalue weighted by Gasteiger charge is 1.96. The van der Waals surface area contributed by atoms with Gasteiger partial charge in [-0.1, -0.05) is 18.2 Å². The van der Waals surface area contributed by atoms with Crippen molar-refractivity contribution < 1.29 is 22.9 Å². The highest BCUT2D eigenvalue weighted by atomic mass is 35.7. The zero-order chi connectivity index (χ0) is 11.2. The van der Waals surface area contributed by atoms with Crippen molar-refractivity contribution in [3.63, 3.8) is 0 Å². The fourth-order valence-electron chi connectivity index (χ4n) is 0.581. The van der Waals surface area contributed by atoms with E-state index in [0.717, 1.165) is 0 Å². The van der Waals surface area contributed by atoms with Gasteiger partial charge < -0.3 is 5.11 Å². The van der Waals surface area contributed by atoms with Gasteiger partial charge in [-0.25, -0.2) is 4.79 Å². The van der Waals surface area contributed by atoms with E-state index in [9.17, 15) is 4.79 Å². The molecule has 0 saturated heterocycles. The first-order valence-electron chi connectivity index (χ1n) is 3.26. The second kappa shape index (κ2) is 5.58. The molecule has 14 heavy (non-hydrogen) atoms. The maximum Gasteiger partial charge on any atom is 0.353 e. The topological polar surface area (TPSA) is 91.7 Å². The molecule has 0 aliphatic heterocycles. The van der Waals surface area contributed by atoms with Crippen LogP contribution in [0.15, 0.2) is 30.3 Å². The molecule has 2 N–H and O–H groups in total. The number of hydrogen-bond acceptors (Lipinski definition) is 3. The number of aromatic carboxylic acids is 1. The zero-order valence-corrected chi connectivity index (χ0v) is 8.36. The van der Waals surface area contributed by atoms with Crippen LogP contribution in [-0.2, 0) is 9.33 Å². The summed E-state index contributed by atoms with van der Waals surface area (Å²) in [5.41, 5.74) is 0.331. The molecule has 0 amide bonds. The van der Waals surface area contributed by atoms with E-state index in [2.05, 4.69) is 10.7 Å². The van der Waals surface area contributed by atoms with E-state index < -0.39 is 15.3 Å². The third kappa shape index (κ3) is 8.98. The molecule has 7 heteroatoms. The van der Waals surface area contributed by atoms with Gasteiger partial charge in [0, 0.05) is 10.7 Å². The standard InChI is InChI=1S/C7H6O2.ClHO3S/c8-7(9)6-4-2-1-3-5-6;1-5(2,3)4/h1-5H,(H,8,9);(H,2,3,4). The molecule has 1 aromatic rings. The van der Waals surface area contributed by atoms with Crippen molar-refractivity contribution in [2.75, 3.05) is 0 Å². The average molecular weight is 239 g/mol. The number of carboxylic acid groups (broad SMARTS) is 1. The van der Waals surface area contributed by atoms with E-state index >= 15 is 0 Å². The Morgan fingerprint density at radius 1 is 1.21 bits per heavy atom. The van der Waals surface area contributed by atoms with Gasteiger partial charge in [-0.3, -0.25) is 4.55 Å². The lowest BCUT2D eigenvalue weighted by molar-refractivity contribution is 0.0697. The SMILES string of the molecule is O=C(O)c1ccccc1.O=S(=O)(O)Cl. The summed E-state index contributed by atoms with van der Waals surface area (Å²) in [6, 6.07) is 8.30. The molecule has 0 bridgehead atoms. The van der Waals surface area contributed by atoms with Gasteiger partial charge in [0.15, 0.2) is 0 Å². The van der Waals surface area contributed by atoms with E-state index in [4.69, 9.17) is 18.1 Å². The minimum atomic E-state index is -4.19. The highest BCUT2D eigenvalue weighted by Crippen LogP contribution is 1.96. The normalized spacial score (nSPS) is 9.86. The van der Waals surface area contributed by atoms with Crippen molar-refractivity contribution in [1.29, 1.82) is 0 Å². The molecule has 0 radical (unpaired) electrons. The molecular weight excluding hydrogens is 232 g/mol. The predicted molar refractivity (Wildman–Crippen MR) is 50.8 cm³/mol. The summed E-state index contributed by atoms with van der Waals surface area (Å²) in [5, 5.41) is 8.38. The molecule has 5 nitrogen and oxygen atoms in total. The van der Waals surface area contributed by atoms with Crippen LogP contribution in [0.3, 0.4) is 0 Å². The Hall–Kier alpha value is -1.11. The van der Waals surface area contributed by atoms with Gasteiger partial charge in [0.25, 0.3) is 0 Å². The lowest BCUT2D eigenvalue weighted by atomic mass is 10.2. The van der Waals surface area contributed by atoms with E-state index in [1.807, 2.05) is 0 Å². The first-order valence-corrected chi connectivity index (χ1v) is 5.52. The minimum Gasteiger partial charge on any atom is -0.478 e. The molecule has 0 heterocycles. The van der Waals surface area contributed by atoms with Crippen molar-refractivity contribution in [2.24, 2.45) is 0 Å². The number of rotatable bonds is 1. The zero-order valence-electron chi connectivity index (χ0n) is 6.79. The van der Waals surface area contributed by atoms with Gasteiger partial charge in [0.2, 0.25) is 0 Å². The predicted octanol–water partition coefficient (Wildman–Crippen LogP) is 1.41. The van der Waals surface area contributed by atoms with Crippen LogP contribution in [-0.4, -0.2) is 24.0 Å². The van der Waals surface area contributed by atoms with Crippen molar-refractivity contribution >= 4 is 26.0 Å². The Morgan fingerprint density at radius 2 is 1.57 bits per heavy atom. The lowest BCUT2D eigenvalue weighted by Gasteiger charge is -1.88. The summed E-state index contributed by atoms with van der Waals surface area (Å²) in [6.45, 7) is 0. The largest absolute Gasteiger partial charge is 0.478 e. The van der Waals surface area contributed by atoms with Crippen LogP contribution in [0.1, 0.15) is 10.4 Å². The Kier molecular flexibility index (Phi) is 5.14. The van der Waals surface area contributed by atoms with Crippen LogP contribution < -0.4 is 0 Å². The minimum absolute atomic E-state index is 0.331. The van der Waals surface area contributed by atoms with Gasteiger partial charge in [-0.2, -0.15) is 8.42 Å². The summed E-state index contributed by atoms with van der Waals surface area (Å²) in [7, 11) is -0.137. The molecule has 1 aromatic carbocycles. The molecule has 0 saturated carbocycles. The van der Waals surface area contributed by atoms with Crippen LogP contribution in [0.5, 0.6) is 0 Å². The van der Waals surface area contributed by atoms with Crippen molar-refractivity contribution in [3.8, 4) is 0 Å². The smallest absolute Gasteiger partial charge is 0.353 e. The van der Waals surface area contributed by atoms with E-state index in [1.165, 1.54) is 0 Å². The molecule has 1 rings (SSSR count). The summed E-state index contributed by atoms with van der Waals surface area (Å²) in [4.78, 5) is 10.2. The highest BCUT2D eigenvalue weighted by molar-refractivity contribution is 8.09. The Morgan fingerprint density at radius 3 is 1.79 bits per heavy atom. The van der Waals surface area contributed by atoms with Gasteiger partial charge in [0.05, 0.1) is 5.56 Å². The molecule has 0 spiro atoms. The number of halogens is 1. The van der Waals surface area contributed by atoms with Gasteiger partial charge in [0.1, 0.15) is 0 Å². The van der Waals surface area contributed by atoms with Crippen LogP contribution in [0.4, 0.5) is 0 Å². The number of carbonyl (C=O) groups is 1. The van der Waals surface area contributed by atoms with E-state index in [-0.39, 0.29) is 0 Å². The number of carboxylic acids is 1. The molecule has 0 aromatic heterocycles. The molecule has 0 unspecified atom stereocenters. The Labute approximate surface area is 85.2 Å². The Bertz CT molecular complexity index is 378. The van der Waals surface area contributed by atoms with Crippen LogP contribution in [0, 0.1) is 0 Å². The maximum absolute atomic E-state index is 10.2. The van der Waals surface area contributed by atoms with Crippen LogP contribution in [0.25, 0.3) is 0 Å². The first-order chi connectivity index (χ1) is 6.30. The third-order valence-corrected chi connectivity index (χ3v) is 1.02. The van der Waals surface area contributed by atoms with Crippen LogP contribution >= 0.6 is 10.7 Å². The van der Waals surface area contributed by atoms with Crippen molar-refractivity contribution in [3.05, 3.63) is 35.9 Å². The summed E-state index contributed by atoms with van der Waals surface area (Å²) >= 11 is 0. The molecular formula is C7H7ClO5S. The second-order valence-electron chi connectivity index (χ2n) is 2.08. The quantitative estimate of drug-likeness (QED) is 0.570. The monoisotopic (exact) mass is 238 g/mol. The molecule has 0 atom stereocenters. The summed E-state index contributed by atoms with van der Waals surface area (Å²) in [6.07, 6.45) is 0. The third-order valence-electron chi connectivity index (χ3n) is 1.02. The van der Waals surface area contributed by atoms with Gasteiger partial charge >= 0.3 is 15.3 Å². The fourth-order valence-corrected chi connectivity index (χ4v) is 0.581. The van der Waals surface area contributed by atoms with Crippen LogP contribution in [0.2, 0.25) is 0 Å². The van der Waals surface area contributed by atoms with E-state index in [1.54, 1.807) is 30.3 Å². The summed E-state index contributed by atoms with van der Waals surface area (Å²) in [5.74, 6) is -0.879. The average Bonchev–Trinajstić information content (AvgIpc) is 2.03. The molecule has 0 aliphatic rings. The Balaban J connectivity index is 0.000000292. The number of benzene rings is 1. The lowest BCUT2D eigenvalue weighted by Crippen LogP contribution is -1.93. The summed E-state index contributed by atoms with van der Waals surface area (Å²) < 4.78 is 25.2. The van der Waals surface area contributed by atoms with Crippen molar-refractivity contribution in [2.45, 2.75) is 0 Å².